The van der Waals surface area contributed by atoms with Crippen LogP contribution in [0.25, 0.3) is 10.8 Å². The molecule has 0 saturated carbocycles. The zero-order chi connectivity index (χ0) is 22.2. The molecule has 160 valence electrons. The fourth-order valence-corrected chi connectivity index (χ4v) is 4.63. The van der Waals surface area contributed by atoms with Crippen LogP contribution < -0.4 is 5.32 Å². The standard InChI is InChI=1S/C25H25NO4S/c1-25(2,3)24(29)26-13-17-10-12-21(31-17)20(27)14-30-23(28)19-11-9-16-8-7-15-5-4-6-18(19)22(15)16/h4-6,9-12H,7-8,13-14H2,1-3H3,(H,26,29). The maximum Gasteiger partial charge on any atom is 0.339 e. The Kier molecular flexibility index (Phi) is 5.67. The van der Waals surface area contributed by atoms with Crippen molar-refractivity contribution in [1.82, 2.24) is 5.32 Å². The van der Waals surface area contributed by atoms with Crippen LogP contribution in [0.3, 0.4) is 0 Å². The van der Waals surface area contributed by atoms with E-state index in [2.05, 4.69) is 11.4 Å². The summed E-state index contributed by atoms with van der Waals surface area (Å²) in [7, 11) is 0. The molecule has 6 heteroatoms. The zero-order valence-electron chi connectivity index (χ0n) is 17.9. The predicted molar refractivity (Wildman–Crippen MR) is 122 cm³/mol. The number of hydrogen-bond donors (Lipinski definition) is 1. The van der Waals surface area contributed by atoms with Crippen LogP contribution >= 0.6 is 11.3 Å². The van der Waals surface area contributed by atoms with Gasteiger partial charge in [-0.1, -0.05) is 45.0 Å². The second-order valence-electron chi connectivity index (χ2n) is 8.81. The van der Waals surface area contributed by atoms with Crippen LogP contribution in [0, 0.1) is 5.41 Å². The van der Waals surface area contributed by atoms with Gasteiger partial charge in [0.25, 0.3) is 0 Å². The van der Waals surface area contributed by atoms with Gasteiger partial charge < -0.3 is 10.1 Å². The summed E-state index contributed by atoms with van der Waals surface area (Å²) in [4.78, 5) is 38.6. The van der Waals surface area contributed by atoms with E-state index in [1.54, 1.807) is 12.1 Å². The van der Waals surface area contributed by atoms with Gasteiger partial charge in [-0.2, -0.15) is 0 Å². The number of ketones is 1. The Hall–Kier alpha value is -2.99. The second kappa shape index (κ2) is 8.27. The van der Waals surface area contributed by atoms with Crippen LogP contribution in [-0.4, -0.2) is 24.3 Å². The fourth-order valence-electron chi connectivity index (χ4n) is 3.76. The Labute approximate surface area is 185 Å². The maximum atomic E-state index is 12.7. The SMILES string of the molecule is CC(C)(C)C(=O)NCc1ccc(C(=O)COC(=O)c2ccc3c4c(cccc24)CC3)s1. The molecule has 31 heavy (non-hydrogen) atoms. The van der Waals surface area contributed by atoms with E-state index in [0.717, 1.165) is 28.5 Å². The molecular formula is C25H25NO4S. The van der Waals surface area contributed by atoms with E-state index in [4.69, 9.17) is 4.74 Å². The van der Waals surface area contributed by atoms with Crippen molar-refractivity contribution in [3.63, 3.8) is 0 Å². The molecule has 0 saturated heterocycles. The number of esters is 1. The third-order valence-corrected chi connectivity index (χ3v) is 6.60. The summed E-state index contributed by atoms with van der Waals surface area (Å²) in [6, 6.07) is 13.3. The van der Waals surface area contributed by atoms with Crippen LogP contribution in [0.2, 0.25) is 0 Å². The van der Waals surface area contributed by atoms with E-state index in [0.29, 0.717) is 17.0 Å². The summed E-state index contributed by atoms with van der Waals surface area (Å²) in [5.41, 5.74) is 2.53. The van der Waals surface area contributed by atoms with Crippen molar-refractivity contribution in [3.05, 3.63) is 68.9 Å². The first-order valence-electron chi connectivity index (χ1n) is 10.3. The molecule has 0 fully saturated rings. The van der Waals surface area contributed by atoms with E-state index in [9.17, 15) is 14.4 Å². The maximum absolute atomic E-state index is 12.7. The molecule has 5 nitrogen and oxygen atoms in total. The number of carbonyl (C=O) groups is 3. The smallest absolute Gasteiger partial charge is 0.339 e. The lowest BCUT2D eigenvalue weighted by atomic mass is 9.96. The van der Waals surface area contributed by atoms with Crippen LogP contribution in [0.1, 0.15) is 56.8 Å². The van der Waals surface area contributed by atoms with Crippen LogP contribution in [0.15, 0.2) is 42.5 Å². The summed E-state index contributed by atoms with van der Waals surface area (Å²) in [5.74, 6) is -0.788. The lowest BCUT2D eigenvalue weighted by Crippen LogP contribution is -2.34. The van der Waals surface area contributed by atoms with Crippen LogP contribution in [-0.2, 0) is 28.9 Å². The third-order valence-electron chi connectivity index (χ3n) is 5.47. The second-order valence-corrected chi connectivity index (χ2v) is 9.98. The lowest BCUT2D eigenvalue weighted by Gasteiger charge is -2.17. The molecule has 3 aromatic rings. The molecule has 2 aromatic carbocycles. The van der Waals surface area contributed by atoms with E-state index in [1.807, 2.05) is 45.0 Å². The van der Waals surface area contributed by atoms with Gasteiger partial charge in [0.2, 0.25) is 11.7 Å². The minimum absolute atomic E-state index is 0.0481. The van der Waals surface area contributed by atoms with Crippen molar-refractivity contribution >= 4 is 39.8 Å². The Morgan fingerprint density at radius 2 is 1.74 bits per heavy atom. The van der Waals surface area contributed by atoms with E-state index < -0.39 is 11.4 Å². The predicted octanol–water partition coefficient (Wildman–Crippen LogP) is 4.70. The highest BCUT2D eigenvalue weighted by atomic mass is 32.1. The van der Waals surface area contributed by atoms with Gasteiger partial charge >= 0.3 is 5.97 Å². The molecule has 1 heterocycles. The molecule has 4 rings (SSSR count). The number of ether oxygens (including phenoxy) is 1. The Balaban J connectivity index is 1.39. The highest BCUT2D eigenvalue weighted by Crippen LogP contribution is 2.33. The molecular weight excluding hydrogens is 410 g/mol. The Morgan fingerprint density at radius 3 is 2.48 bits per heavy atom. The highest BCUT2D eigenvalue weighted by molar-refractivity contribution is 7.14. The number of hydrogen-bond acceptors (Lipinski definition) is 5. The van der Waals surface area contributed by atoms with Gasteiger partial charge in [-0.3, -0.25) is 9.59 Å². The first kappa shape index (κ1) is 21.2. The molecule has 1 N–H and O–H groups in total. The summed E-state index contributed by atoms with van der Waals surface area (Å²) in [6.07, 6.45) is 1.97. The molecule has 0 spiro atoms. The Bertz CT molecular complexity index is 1180. The van der Waals surface area contributed by atoms with Gasteiger partial charge in [0.1, 0.15) is 0 Å². The number of rotatable bonds is 6. The number of amides is 1. The molecule has 1 aliphatic rings. The summed E-state index contributed by atoms with van der Waals surface area (Å²) >= 11 is 1.30. The number of Topliss-reactive ketones (excluding diaryl/α,β-unsaturated/α-hetero) is 1. The average molecular weight is 436 g/mol. The van der Waals surface area contributed by atoms with Crippen molar-refractivity contribution in [2.45, 2.75) is 40.2 Å². The third kappa shape index (κ3) is 4.39. The average Bonchev–Trinajstić information content (AvgIpc) is 3.38. The van der Waals surface area contributed by atoms with Crippen molar-refractivity contribution in [3.8, 4) is 0 Å². The van der Waals surface area contributed by atoms with Gasteiger partial charge in [-0.15, -0.1) is 11.3 Å². The van der Waals surface area contributed by atoms with E-state index in [-0.39, 0.29) is 18.3 Å². The monoisotopic (exact) mass is 435 g/mol. The number of carbonyl (C=O) groups excluding carboxylic acids is 3. The quantitative estimate of drug-likeness (QED) is 0.450. The number of nitrogens with one attached hydrogen (secondary N) is 1. The van der Waals surface area contributed by atoms with Crippen molar-refractivity contribution in [2.24, 2.45) is 5.41 Å². The highest BCUT2D eigenvalue weighted by Gasteiger charge is 2.22. The minimum atomic E-state index is -0.488. The summed E-state index contributed by atoms with van der Waals surface area (Å²) in [5, 5.41) is 4.90. The van der Waals surface area contributed by atoms with Crippen molar-refractivity contribution in [2.75, 3.05) is 6.61 Å². The Morgan fingerprint density at radius 1 is 1.00 bits per heavy atom. The van der Waals surface area contributed by atoms with Gasteiger partial charge in [-0.25, -0.2) is 4.79 Å². The molecule has 0 bridgehead atoms. The zero-order valence-corrected chi connectivity index (χ0v) is 18.7. The number of benzene rings is 2. The largest absolute Gasteiger partial charge is 0.454 e. The molecule has 0 atom stereocenters. The summed E-state index contributed by atoms with van der Waals surface area (Å²) < 4.78 is 5.35. The van der Waals surface area contributed by atoms with Gasteiger partial charge in [0.05, 0.1) is 17.0 Å². The molecule has 1 aliphatic carbocycles. The fraction of sp³-hybridized carbons (Fsp3) is 0.320. The first-order valence-corrected chi connectivity index (χ1v) is 11.2. The van der Waals surface area contributed by atoms with Crippen molar-refractivity contribution < 1.29 is 19.1 Å². The van der Waals surface area contributed by atoms with Gasteiger partial charge in [-0.05, 0) is 52.9 Å². The van der Waals surface area contributed by atoms with Crippen LogP contribution in [0.4, 0.5) is 0 Å². The first-order chi connectivity index (χ1) is 14.7. The summed E-state index contributed by atoms with van der Waals surface area (Å²) in [6.45, 7) is 5.61. The molecule has 0 radical (unpaired) electrons. The van der Waals surface area contributed by atoms with E-state index >= 15 is 0 Å². The topological polar surface area (TPSA) is 72.5 Å². The molecule has 1 aromatic heterocycles. The van der Waals surface area contributed by atoms with Gasteiger partial charge in [0, 0.05) is 10.3 Å². The lowest BCUT2D eigenvalue weighted by molar-refractivity contribution is -0.128. The number of aryl methyl sites for hydroxylation is 2. The minimum Gasteiger partial charge on any atom is -0.454 e. The van der Waals surface area contributed by atoms with Crippen LogP contribution in [0.5, 0.6) is 0 Å². The van der Waals surface area contributed by atoms with E-state index in [1.165, 1.54) is 22.5 Å². The molecule has 1 amide bonds. The molecule has 0 unspecified atom stereocenters. The molecule has 0 aliphatic heterocycles. The number of thiophene rings is 1. The van der Waals surface area contributed by atoms with Crippen molar-refractivity contribution in [1.29, 1.82) is 0 Å². The normalized spacial score (nSPS) is 12.7. The van der Waals surface area contributed by atoms with Gasteiger partial charge in [0.15, 0.2) is 6.61 Å².